The molecule has 2 aromatic carbocycles. The lowest BCUT2D eigenvalue weighted by Crippen LogP contribution is -2.46. The van der Waals surface area contributed by atoms with E-state index in [4.69, 9.17) is 0 Å². The first-order valence-electron chi connectivity index (χ1n) is 10.7. The maximum Gasteiger partial charge on any atom is 0.333 e. The van der Waals surface area contributed by atoms with Gasteiger partial charge in [-0.05, 0) is 51.0 Å². The van der Waals surface area contributed by atoms with E-state index in [1.807, 2.05) is 61.5 Å². The molecule has 1 N–H and O–H groups in total. The van der Waals surface area contributed by atoms with Crippen LogP contribution >= 0.6 is 0 Å². The second kappa shape index (κ2) is 8.89. The summed E-state index contributed by atoms with van der Waals surface area (Å²) in [4.78, 5) is 43.3. The van der Waals surface area contributed by atoms with Crippen molar-refractivity contribution in [1.82, 2.24) is 9.80 Å². The third-order valence-corrected chi connectivity index (χ3v) is 6.10. The van der Waals surface area contributed by atoms with Crippen molar-refractivity contribution in [3.05, 3.63) is 60.2 Å². The Morgan fingerprint density at radius 2 is 1.65 bits per heavy atom. The SMILES string of the molecule is Cc1ccc(N2C(=O)N(CN3CCC(C(=O)Nc4ccccc4)CC3)C(=O)[C@@H]2C)cc1. The molecule has 2 fully saturated rings. The molecule has 0 unspecified atom stereocenters. The molecule has 2 aliphatic rings. The van der Waals surface area contributed by atoms with Crippen LogP contribution in [0.4, 0.5) is 16.2 Å². The minimum atomic E-state index is -0.524. The molecule has 1 atom stereocenters. The molecule has 0 saturated carbocycles. The Labute approximate surface area is 182 Å². The number of hydrogen-bond acceptors (Lipinski definition) is 4. The number of para-hydroxylation sites is 1. The smallest absolute Gasteiger partial charge is 0.326 e. The summed E-state index contributed by atoms with van der Waals surface area (Å²) in [5.74, 6) is -0.225. The van der Waals surface area contributed by atoms with E-state index in [0.717, 1.165) is 16.9 Å². The standard InChI is InChI=1S/C24H28N4O3/c1-17-8-10-21(11-9-17)28-18(2)23(30)27(24(28)31)16-26-14-12-19(13-15-26)22(29)25-20-6-4-3-5-7-20/h3-11,18-19H,12-16H2,1-2H3,(H,25,29)/t18-/m0/s1. The minimum absolute atomic E-state index is 0.0262. The Bertz CT molecular complexity index is 953. The summed E-state index contributed by atoms with van der Waals surface area (Å²) in [5, 5.41) is 2.96. The fourth-order valence-corrected chi connectivity index (χ4v) is 4.20. The summed E-state index contributed by atoms with van der Waals surface area (Å²) in [6.45, 7) is 5.35. The first kappa shape index (κ1) is 21.1. The zero-order chi connectivity index (χ0) is 22.0. The van der Waals surface area contributed by atoms with E-state index >= 15 is 0 Å². The van der Waals surface area contributed by atoms with Crippen LogP contribution in [0.1, 0.15) is 25.3 Å². The van der Waals surface area contributed by atoms with Crippen molar-refractivity contribution in [2.24, 2.45) is 5.92 Å². The number of anilines is 2. The van der Waals surface area contributed by atoms with Crippen LogP contribution in [0.5, 0.6) is 0 Å². The largest absolute Gasteiger partial charge is 0.333 e. The number of hydrogen-bond donors (Lipinski definition) is 1. The number of aryl methyl sites for hydroxylation is 1. The molecule has 4 rings (SSSR count). The van der Waals surface area contributed by atoms with E-state index in [2.05, 4.69) is 10.2 Å². The highest BCUT2D eigenvalue weighted by Crippen LogP contribution is 2.27. The minimum Gasteiger partial charge on any atom is -0.326 e. The van der Waals surface area contributed by atoms with Gasteiger partial charge in [-0.15, -0.1) is 0 Å². The maximum atomic E-state index is 13.0. The lowest BCUT2D eigenvalue weighted by molar-refractivity contribution is -0.129. The third kappa shape index (κ3) is 4.46. The number of benzene rings is 2. The Balaban J connectivity index is 1.34. The van der Waals surface area contributed by atoms with Gasteiger partial charge in [-0.1, -0.05) is 35.9 Å². The molecule has 2 aromatic rings. The van der Waals surface area contributed by atoms with Crippen molar-refractivity contribution in [3.8, 4) is 0 Å². The zero-order valence-corrected chi connectivity index (χ0v) is 18.0. The number of likely N-dealkylation sites (tertiary alicyclic amines) is 1. The third-order valence-electron chi connectivity index (χ3n) is 6.10. The van der Waals surface area contributed by atoms with Crippen molar-refractivity contribution in [1.29, 1.82) is 0 Å². The van der Waals surface area contributed by atoms with Crippen LogP contribution in [-0.2, 0) is 9.59 Å². The summed E-state index contributed by atoms with van der Waals surface area (Å²) in [7, 11) is 0. The van der Waals surface area contributed by atoms with Crippen LogP contribution in [0.2, 0.25) is 0 Å². The predicted molar refractivity (Wildman–Crippen MR) is 120 cm³/mol. The van der Waals surface area contributed by atoms with Crippen LogP contribution in [-0.4, -0.2) is 53.4 Å². The van der Waals surface area contributed by atoms with Crippen molar-refractivity contribution in [3.63, 3.8) is 0 Å². The normalized spacial score (nSPS) is 20.4. The predicted octanol–water partition coefficient (Wildman–Crippen LogP) is 3.46. The summed E-state index contributed by atoms with van der Waals surface area (Å²) in [6, 6.07) is 16.3. The summed E-state index contributed by atoms with van der Waals surface area (Å²) in [5.41, 5.74) is 2.63. The van der Waals surface area contributed by atoms with E-state index in [9.17, 15) is 14.4 Å². The van der Waals surface area contributed by atoms with Crippen molar-refractivity contribution < 1.29 is 14.4 Å². The molecule has 31 heavy (non-hydrogen) atoms. The zero-order valence-electron chi connectivity index (χ0n) is 18.0. The number of imide groups is 1. The molecule has 7 heteroatoms. The van der Waals surface area contributed by atoms with Gasteiger partial charge in [0.2, 0.25) is 5.91 Å². The Hall–Kier alpha value is -3.19. The average molecular weight is 421 g/mol. The van der Waals surface area contributed by atoms with Crippen molar-refractivity contribution in [2.45, 2.75) is 32.7 Å². The van der Waals surface area contributed by atoms with Crippen molar-refractivity contribution in [2.75, 3.05) is 30.0 Å². The van der Waals surface area contributed by atoms with Gasteiger partial charge in [-0.2, -0.15) is 0 Å². The van der Waals surface area contributed by atoms with Gasteiger partial charge in [0.25, 0.3) is 5.91 Å². The van der Waals surface area contributed by atoms with Crippen LogP contribution in [0.3, 0.4) is 0 Å². The second-order valence-corrected chi connectivity index (χ2v) is 8.32. The number of urea groups is 1. The molecule has 0 aliphatic carbocycles. The summed E-state index contributed by atoms with van der Waals surface area (Å²) in [6.07, 6.45) is 1.40. The van der Waals surface area contributed by atoms with E-state index in [1.54, 1.807) is 11.8 Å². The maximum absolute atomic E-state index is 13.0. The fourth-order valence-electron chi connectivity index (χ4n) is 4.20. The molecule has 0 aromatic heterocycles. The van der Waals surface area contributed by atoms with Gasteiger partial charge in [0.05, 0.1) is 6.67 Å². The molecule has 2 aliphatic heterocycles. The highest BCUT2D eigenvalue weighted by Gasteiger charge is 2.44. The molecular formula is C24H28N4O3. The van der Waals surface area contributed by atoms with Gasteiger partial charge in [0.1, 0.15) is 6.04 Å². The number of amides is 4. The molecule has 2 heterocycles. The molecule has 2 saturated heterocycles. The fraction of sp³-hybridized carbons (Fsp3) is 0.375. The average Bonchev–Trinajstić information content (AvgIpc) is 2.99. The number of nitrogens with zero attached hydrogens (tertiary/aromatic N) is 3. The van der Waals surface area contributed by atoms with E-state index in [-0.39, 0.29) is 30.4 Å². The van der Waals surface area contributed by atoms with Gasteiger partial charge in [0, 0.05) is 30.4 Å². The second-order valence-electron chi connectivity index (χ2n) is 8.32. The van der Waals surface area contributed by atoms with Gasteiger partial charge in [-0.3, -0.25) is 19.4 Å². The number of nitrogens with one attached hydrogen (secondary N) is 1. The highest BCUT2D eigenvalue weighted by atomic mass is 16.2. The van der Waals surface area contributed by atoms with Crippen LogP contribution < -0.4 is 10.2 Å². The molecular weight excluding hydrogens is 392 g/mol. The Morgan fingerprint density at radius 1 is 1.00 bits per heavy atom. The summed E-state index contributed by atoms with van der Waals surface area (Å²) >= 11 is 0. The molecule has 7 nitrogen and oxygen atoms in total. The topological polar surface area (TPSA) is 73.0 Å². The van der Waals surface area contributed by atoms with Gasteiger partial charge >= 0.3 is 6.03 Å². The first-order chi connectivity index (χ1) is 14.9. The number of piperidine rings is 1. The van der Waals surface area contributed by atoms with Gasteiger partial charge in [0.15, 0.2) is 0 Å². The number of carbonyl (C=O) groups is 3. The van der Waals surface area contributed by atoms with E-state index in [1.165, 1.54) is 4.90 Å². The Morgan fingerprint density at radius 3 is 2.29 bits per heavy atom. The molecule has 162 valence electrons. The van der Waals surface area contributed by atoms with Crippen LogP contribution in [0.15, 0.2) is 54.6 Å². The van der Waals surface area contributed by atoms with Crippen molar-refractivity contribution >= 4 is 29.2 Å². The van der Waals surface area contributed by atoms with Crippen LogP contribution in [0, 0.1) is 12.8 Å². The molecule has 0 radical (unpaired) electrons. The molecule has 4 amide bonds. The number of carbonyl (C=O) groups excluding carboxylic acids is 3. The number of rotatable bonds is 5. The highest BCUT2D eigenvalue weighted by molar-refractivity contribution is 6.14. The van der Waals surface area contributed by atoms with E-state index < -0.39 is 6.04 Å². The van der Waals surface area contributed by atoms with E-state index in [0.29, 0.717) is 25.9 Å². The van der Waals surface area contributed by atoms with Crippen LogP contribution in [0.25, 0.3) is 0 Å². The lowest BCUT2D eigenvalue weighted by atomic mass is 9.96. The van der Waals surface area contributed by atoms with Gasteiger partial charge in [-0.25, -0.2) is 9.69 Å². The Kier molecular flexibility index (Phi) is 6.04. The summed E-state index contributed by atoms with van der Waals surface area (Å²) < 4.78 is 0. The van der Waals surface area contributed by atoms with Gasteiger partial charge < -0.3 is 5.32 Å². The first-order valence-corrected chi connectivity index (χ1v) is 10.7. The molecule has 0 spiro atoms. The monoisotopic (exact) mass is 420 g/mol. The quantitative estimate of drug-likeness (QED) is 0.752. The molecule has 0 bridgehead atoms. The lowest BCUT2D eigenvalue weighted by Gasteiger charge is -2.33.